The fourth-order valence-electron chi connectivity index (χ4n) is 2.91. The van der Waals surface area contributed by atoms with Gasteiger partial charge in [-0.15, -0.1) is 0 Å². The molecule has 1 aliphatic heterocycles. The largest absolute Gasteiger partial charge is 0.454 e. The van der Waals surface area contributed by atoms with Crippen molar-refractivity contribution in [3.63, 3.8) is 0 Å². The van der Waals surface area contributed by atoms with E-state index in [2.05, 4.69) is 34.4 Å². The van der Waals surface area contributed by atoms with Crippen LogP contribution in [0.2, 0.25) is 0 Å². The van der Waals surface area contributed by atoms with Crippen molar-refractivity contribution in [3.05, 3.63) is 23.8 Å². The normalized spacial score (nSPS) is 16.5. The number of aliphatic imine (C=N–C) groups is 1. The Morgan fingerprint density at radius 2 is 2.04 bits per heavy atom. The van der Waals surface area contributed by atoms with Crippen molar-refractivity contribution in [2.75, 3.05) is 33.0 Å². The molecule has 1 fully saturated rings. The quantitative estimate of drug-likeness (QED) is 0.563. The standard InChI is InChI=1S/C18H28N4O2/c1-3-19-18(20-9-10-22(4-2)15-6-7-15)21-12-14-5-8-16-17(11-14)24-13-23-16/h5,8,11,15H,3-4,6-7,9-10,12-13H2,1-2H3,(H2,19,20,21). The van der Waals surface area contributed by atoms with Crippen LogP contribution < -0.4 is 20.1 Å². The van der Waals surface area contributed by atoms with E-state index in [1.165, 1.54) is 12.8 Å². The van der Waals surface area contributed by atoms with Crippen molar-refractivity contribution in [2.24, 2.45) is 4.99 Å². The van der Waals surface area contributed by atoms with Gasteiger partial charge in [0.25, 0.3) is 0 Å². The van der Waals surface area contributed by atoms with Crippen LogP contribution in [0.1, 0.15) is 32.3 Å². The zero-order chi connectivity index (χ0) is 16.8. The fourth-order valence-corrected chi connectivity index (χ4v) is 2.91. The first-order valence-electron chi connectivity index (χ1n) is 8.95. The van der Waals surface area contributed by atoms with Crippen LogP contribution in [0, 0.1) is 0 Å². The van der Waals surface area contributed by atoms with Gasteiger partial charge in [0.15, 0.2) is 17.5 Å². The van der Waals surface area contributed by atoms with Crippen molar-refractivity contribution in [3.8, 4) is 11.5 Å². The molecule has 0 bridgehead atoms. The zero-order valence-corrected chi connectivity index (χ0v) is 14.7. The summed E-state index contributed by atoms with van der Waals surface area (Å²) < 4.78 is 10.8. The number of benzene rings is 1. The SMILES string of the molecule is CCNC(=NCc1ccc2c(c1)OCO2)NCCN(CC)C1CC1. The van der Waals surface area contributed by atoms with Crippen molar-refractivity contribution in [1.82, 2.24) is 15.5 Å². The summed E-state index contributed by atoms with van der Waals surface area (Å²) in [6, 6.07) is 6.79. The molecular weight excluding hydrogens is 304 g/mol. The second kappa shape index (κ2) is 8.24. The number of rotatable bonds is 8. The van der Waals surface area contributed by atoms with Gasteiger partial charge in [-0.2, -0.15) is 0 Å². The molecule has 0 aromatic heterocycles. The molecule has 0 amide bonds. The predicted octanol–water partition coefficient (Wildman–Crippen LogP) is 1.95. The molecule has 3 rings (SSSR count). The van der Waals surface area contributed by atoms with Gasteiger partial charge in [0, 0.05) is 25.7 Å². The highest BCUT2D eigenvalue weighted by atomic mass is 16.7. The third-order valence-corrected chi connectivity index (χ3v) is 4.36. The summed E-state index contributed by atoms with van der Waals surface area (Å²) in [4.78, 5) is 7.21. The first-order chi connectivity index (χ1) is 11.8. The van der Waals surface area contributed by atoms with Crippen LogP contribution >= 0.6 is 0 Å². The van der Waals surface area contributed by atoms with Crippen molar-refractivity contribution in [2.45, 2.75) is 39.3 Å². The second-order valence-electron chi connectivity index (χ2n) is 6.17. The molecule has 0 saturated heterocycles. The Kier molecular flexibility index (Phi) is 5.80. The summed E-state index contributed by atoms with van der Waals surface area (Å²) in [6.07, 6.45) is 2.71. The minimum absolute atomic E-state index is 0.307. The first kappa shape index (κ1) is 16.9. The molecule has 0 atom stereocenters. The Labute approximate surface area is 144 Å². The smallest absolute Gasteiger partial charge is 0.231 e. The fraction of sp³-hybridized carbons (Fsp3) is 0.611. The van der Waals surface area contributed by atoms with Gasteiger partial charge in [0.1, 0.15) is 0 Å². The molecule has 1 heterocycles. The Bertz CT molecular complexity index is 572. The summed E-state index contributed by atoms with van der Waals surface area (Å²) in [5.41, 5.74) is 1.12. The summed E-state index contributed by atoms with van der Waals surface area (Å²) in [5, 5.41) is 6.74. The van der Waals surface area contributed by atoms with Gasteiger partial charge in [-0.05, 0) is 44.0 Å². The van der Waals surface area contributed by atoms with Gasteiger partial charge in [-0.3, -0.25) is 4.90 Å². The molecule has 6 heteroatoms. The molecule has 1 aromatic rings. The Morgan fingerprint density at radius 3 is 2.79 bits per heavy atom. The molecular formula is C18H28N4O2. The van der Waals surface area contributed by atoms with Gasteiger partial charge in [0.2, 0.25) is 6.79 Å². The number of hydrogen-bond donors (Lipinski definition) is 2. The van der Waals surface area contributed by atoms with Crippen LogP contribution in [0.3, 0.4) is 0 Å². The average molecular weight is 332 g/mol. The molecule has 1 aromatic carbocycles. The number of fused-ring (bicyclic) bond motifs is 1. The van der Waals surface area contributed by atoms with E-state index in [1.54, 1.807) is 0 Å². The number of hydrogen-bond acceptors (Lipinski definition) is 4. The van der Waals surface area contributed by atoms with E-state index in [0.29, 0.717) is 13.3 Å². The number of guanidine groups is 1. The minimum atomic E-state index is 0.307. The lowest BCUT2D eigenvalue weighted by molar-refractivity contribution is 0.174. The monoisotopic (exact) mass is 332 g/mol. The van der Waals surface area contributed by atoms with E-state index in [4.69, 9.17) is 9.47 Å². The molecule has 132 valence electrons. The highest BCUT2D eigenvalue weighted by Crippen LogP contribution is 2.32. The molecule has 2 aliphatic rings. The third-order valence-electron chi connectivity index (χ3n) is 4.36. The maximum absolute atomic E-state index is 5.42. The summed E-state index contributed by atoms with van der Waals surface area (Å²) in [7, 11) is 0. The van der Waals surface area contributed by atoms with Crippen LogP contribution in [-0.4, -0.2) is 49.9 Å². The van der Waals surface area contributed by atoms with Crippen LogP contribution in [0.5, 0.6) is 11.5 Å². The second-order valence-corrected chi connectivity index (χ2v) is 6.17. The lowest BCUT2D eigenvalue weighted by Gasteiger charge is -2.20. The van der Waals surface area contributed by atoms with E-state index in [-0.39, 0.29) is 0 Å². The van der Waals surface area contributed by atoms with Crippen LogP contribution in [0.4, 0.5) is 0 Å². The highest BCUT2D eigenvalue weighted by Gasteiger charge is 2.27. The Morgan fingerprint density at radius 1 is 1.21 bits per heavy atom. The van der Waals surface area contributed by atoms with Crippen LogP contribution in [0.25, 0.3) is 0 Å². The maximum Gasteiger partial charge on any atom is 0.231 e. The lowest BCUT2D eigenvalue weighted by Crippen LogP contribution is -2.42. The zero-order valence-electron chi connectivity index (χ0n) is 14.7. The summed E-state index contributed by atoms with van der Waals surface area (Å²) in [5.74, 6) is 2.48. The van der Waals surface area contributed by atoms with E-state index in [1.807, 2.05) is 18.2 Å². The van der Waals surface area contributed by atoms with E-state index >= 15 is 0 Å². The van der Waals surface area contributed by atoms with Gasteiger partial charge >= 0.3 is 0 Å². The number of ether oxygens (including phenoxy) is 2. The molecule has 0 unspecified atom stereocenters. The molecule has 1 saturated carbocycles. The molecule has 2 N–H and O–H groups in total. The Balaban J connectivity index is 1.51. The van der Waals surface area contributed by atoms with Crippen molar-refractivity contribution in [1.29, 1.82) is 0 Å². The topological polar surface area (TPSA) is 58.1 Å². The molecule has 24 heavy (non-hydrogen) atoms. The number of likely N-dealkylation sites (N-methyl/N-ethyl adjacent to an activating group) is 1. The first-order valence-corrected chi connectivity index (χ1v) is 8.95. The van der Waals surface area contributed by atoms with Gasteiger partial charge in [-0.1, -0.05) is 13.0 Å². The highest BCUT2D eigenvalue weighted by molar-refractivity contribution is 5.79. The van der Waals surface area contributed by atoms with Crippen molar-refractivity contribution < 1.29 is 9.47 Å². The maximum atomic E-state index is 5.42. The molecule has 6 nitrogen and oxygen atoms in total. The molecule has 0 spiro atoms. The third kappa shape index (κ3) is 4.54. The number of nitrogens with zero attached hydrogens (tertiary/aromatic N) is 2. The Hall–Kier alpha value is -1.95. The van der Waals surface area contributed by atoms with Crippen molar-refractivity contribution >= 4 is 5.96 Å². The van der Waals surface area contributed by atoms with E-state index in [0.717, 1.165) is 55.2 Å². The minimum Gasteiger partial charge on any atom is -0.454 e. The van der Waals surface area contributed by atoms with Crippen LogP contribution in [-0.2, 0) is 6.54 Å². The van der Waals surface area contributed by atoms with Gasteiger partial charge in [-0.25, -0.2) is 4.99 Å². The number of nitrogens with one attached hydrogen (secondary N) is 2. The molecule has 0 radical (unpaired) electrons. The van der Waals surface area contributed by atoms with E-state index < -0.39 is 0 Å². The summed E-state index contributed by atoms with van der Waals surface area (Å²) >= 11 is 0. The lowest BCUT2D eigenvalue weighted by atomic mass is 10.2. The predicted molar refractivity (Wildman–Crippen MR) is 95.7 cm³/mol. The molecule has 1 aliphatic carbocycles. The summed E-state index contributed by atoms with van der Waals surface area (Å²) in [6.45, 7) is 9.20. The average Bonchev–Trinajstić information content (AvgIpc) is 3.33. The van der Waals surface area contributed by atoms with Crippen LogP contribution in [0.15, 0.2) is 23.2 Å². The van der Waals surface area contributed by atoms with Gasteiger partial charge in [0.05, 0.1) is 6.54 Å². The van der Waals surface area contributed by atoms with E-state index in [9.17, 15) is 0 Å². The van der Waals surface area contributed by atoms with Gasteiger partial charge < -0.3 is 20.1 Å².